The zero-order valence-corrected chi connectivity index (χ0v) is 24.0. The number of para-hydroxylation sites is 2. The van der Waals surface area contributed by atoms with E-state index < -0.39 is 17.8 Å². The van der Waals surface area contributed by atoms with E-state index in [1.807, 2.05) is 54.6 Å². The molecule has 3 amide bonds. The van der Waals surface area contributed by atoms with Gasteiger partial charge in [0.25, 0.3) is 5.91 Å². The molecule has 4 aromatic carbocycles. The Morgan fingerprint density at radius 3 is 2.00 bits per heavy atom. The number of carbonyl (C=O) groups excluding carboxylic acids is 2. The van der Waals surface area contributed by atoms with Crippen molar-refractivity contribution < 1.29 is 27.5 Å². The van der Waals surface area contributed by atoms with Gasteiger partial charge in [0, 0.05) is 49.8 Å². The van der Waals surface area contributed by atoms with Crippen LogP contribution in [0.3, 0.4) is 0 Å². The number of carbonyl (C=O) groups is 2. The molecule has 0 spiro atoms. The molecule has 1 aliphatic rings. The highest BCUT2D eigenvalue weighted by atomic mass is 19.4. The molecule has 1 saturated heterocycles. The number of halogens is 3. The van der Waals surface area contributed by atoms with E-state index in [2.05, 4.69) is 25.8 Å². The molecule has 0 aliphatic carbocycles. The molecule has 0 saturated carbocycles. The third-order valence-electron chi connectivity index (χ3n) is 7.31. The van der Waals surface area contributed by atoms with Crippen molar-refractivity contribution in [3.8, 4) is 5.75 Å². The van der Waals surface area contributed by atoms with E-state index in [0.29, 0.717) is 44.0 Å². The quantitative estimate of drug-likeness (QED) is 0.211. The smallest absolute Gasteiger partial charge is 0.416 e. The number of rotatable bonds is 8. The Morgan fingerprint density at radius 1 is 0.750 bits per heavy atom. The van der Waals surface area contributed by atoms with Crippen LogP contribution in [0.1, 0.15) is 21.5 Å². The summed E-state index contributed by atoms with van der Waals surface area (Å²) in [4.78, 5) is 30.6. The molecule has 0 unspecified atom stereocenters. The largest absolute Gasteiger partial charge is 0.495 e. The van der Waals surface area contributed by atoms with E-state index in [-0.39, 0.29) is 11.6 Å². The summed E-state index contributed by atoms with van der Waals surface area (Å²) in [7, 11) is 1.65. The summed E-state index contributed by atoms with van der Waals surface area (Å²) in [5.41, 5.74) is 2.81. The fourth-order valence-electron chi connectivity index (χ4n) is 5.06. The van der Waals surface area contributed by atoms with E-state index in [1.165, 1.54) is 12.1 Å². The van der Waals surface area contributed by atoms with Crippen LogP contribution in [0.25, 0.3) is 0 Å². The van der Waals surface area contributed by atoms with Gasteiger partial charge in [0.1, 0.15) is 5.75 Å². The molecule has 1 heterocycles. The van der Waals surface area contributed by atoms with Crippen molar-refractivity contribution in [1.29, 1.82) is 0 Å². The predicted octanol–water partition coefficient (Wildman–Crippen LogP) is 6.61. The topological polar surface area (TPSA) is 85.9 Å². The number of nitrogens with zero attached hydrogens (tertiary/aromatic N) is 2. The lowest BCUT2D eigenvalue weighted by Crippen LogP contribution is -2.47. The zero-order valence-electron chi connectivity index (χ0n) is 24.0. The maximum atomic E-state index is 13.5. The molecule has 228 valence electrons. The van der Waals surface area contributed by atoms with E-state index in [0.717, 1.165) is 34.8 Å². The average molecular weight is 604 g/mol. The van der Waals surface area contributed by atoms with E-state index in [4.69, 9.17) is 4.74 Å². The Labute approximate surface area is 253 Å². The number of hydrogen-bond donors (Lipinski definition) is 3. The molecular weight excluding hydrogens is 571 g/mol. The van der Waals surface area contributed by atoms with Gasteiger partial charge in [-0.15, -0.1) is 0 Å². The molecule has 3 N–H and O–H groups in total. The molecule has 8 nitrogen and oxygen atoms in total. The van der Waals surface area contributed by atoms with E-state index in [1.54, 1.807) is 25.3 Å². The summed E-state index contributed by atoms with van der Waals surface area (Å²) < 4.78 is 44.2. The predicted molar refractivity (Wildman–Crippen MR) is 166 cm³/mol. The first-order chi connectivity index (χ1) is 21.2. The van der Waals surface area contributed by atoms with E-state index in [9.17, 15) is 22.8 Å². The van der Waals surface area contributed by atoms with Crippen LogP contribution < -0.4 is 30.5 Å². The molecule has 0 aromatic heterocycles. The van der Waals surface area contributed by atoms with Crippen molar-refractivity contribution in [2.75, 3.05) is 53.7 Å². The van der Waals surface area contributed by atoms with Gasteiger partial charge in [-0.25, -0.2) is 4.79 Å². The summed E-state index contributed by atoms with van der Waals surface area (Å²) in [6, 6.07) is 26.0. The number of alkyl halides is 3. The second-order valence-electron chi connectivity index (χ2n) is 10.2. The van der Waals surface area contributed by atoms with Crippen LogP contribution in [0.5, 0.6) is 5.75 Å². The highest BCUT2D eigenvalue weighted by Gasteiger charge is 2.30. The second kappa shape index (κ2) is 13.4. The number of methoxy groups -OCH3 is 1. The molecule has 44 heavy (non-hydrogen) atoms. The molecule has 0 bridgehead atoms. The van der Waals surface area contributed by atoms with Gasteiger partial charge >= 0.3 is 12.2 Å². The van der Waals surface area contributed by atoms with Crippen LogP contribution in [-0.2, 0) is 12.7 Å². The normalized spacial score (nSPS) is 13.3. The highest BCUT2D eigenvalue weighted by molar-refractivity contribution is 6.04. The van der Waals surface area contributed by atoms with E-state index >= 15 is 0 Å². The molecule has 1 aliphatic heterocycles. The first-order valence-electron chi connectivity index (χ1n) is 14.1. The van der Waals surface area contributed by atoms with Crippen LogP contribution in [0.15, 0.2) is 97.1 Å². The minimum Gasteiger partial charge on any atom is -0.495 e. The Morgan fingerprint density at radius 2 is 1.34 bits per heavy atom. The number of ether oxygens (including phenoxy) is 1. The van der Waals surface area contributed by atoms with Crippen molar-refractivity contribution in [3.63, 3.8) is 0 Å². The molecule has 1 fully saturated rings. The lowest BCUT2D eigenvalue weighted by molar-refractivity contribution is -0.137. The zero-order chi connectivity index (χ0) is 31.1. The lowest BCUT2D eigenvalue weighted by atomic mass is 10.1. The standard InChI is InChI=1S/C33H32F3N5O3/c1-44-30-10-6-5-9-29(30)41-19-17-40(18-20-41)28-16-15-26(21-27(28)31(42)37-22-23-7-3-2-4-8-23)39-32(43)38-25-13-11-24(12-14-25)33(34,35)36/h2-16,21H,17-20,22H2,1H3,(H,37,42)(H2,38,39,43). The maximum Gasteiger partial charge on any atom is 0.416 e. The number of anilines is 4. The van der Waals surface area contributed by atoms with Crippen molar-refractivity contribution in [3.05, 3.63) is 114 Å². The number of benzene rings is 4. The van der Waals surface area contributed by atoms with Gasteiger partial charge in [0.2, 0.25) is 0 Å². The number of urea groups is 1. The summed E-state index contributed by atoms with van der Waals surface area (Å²) in [5, 5.41) is 8.18. The first-order valence-corrected chi connectivity index (χ1v) is 14.1. The van der Waals surface area contributed by atoms with Gasteiger partial charge in [-0.2, -0.15) is 13.2 Å². The Bertz CT molecular complexity index is 1590. The lowest BCUT2D eigenvalue weighted by Gasteiger charge is -2.38. The number of piperazine rings is 1. The van der Waals surface area contributed by atoms with Crippen LogP contribution in [0, 0.1) is 0 Å². The third kappa shape index (κ3) is 7.41. The van der Waals surface area contributed by atoms with Gasteiger partial charge < -0.3 is 30.5 Å². The molecule has 0 radical (unpaired) electrons. The fourth-order valence-corrected chi connectivity index (χ4v) is 5.06. The minimum atomic E-state index is -4.47. The van der Waals surface area contributed by atoms with Gasteiger partial charge in [-0.05, 0) is 60.2 Å². The third-order valence-corrected chi connectivity index (χ3v) is 7.31. The monoisotopic (exact) mass is 603 g/mol. The maximum absolute atomic E-state index is 13.5. The summed E-state index contributed by atoms with van der Waals surface area (Å²) in [6.45, 7) is 3.05. The number of hydrogen-bond acceptors (Lipinski definition) is 5. The Balaban J connectivity index is 1.32. The van der Waals surface area contributed by atoms with Crippen molar-refractivity contribution in [2.24, 2.45) is 0 Å². The first kappa shape index (κ1) is 30.3. The number of amides is 3. The summed E-state index contributed by atoms with van der Waals surface area (Å²) >= 11 is 0. The van der Waals surface area contributed by atoms with Crippen LogP contribution in [-0.4, -0.2) is 45.2 Å². The van der Waals surface area contributed by atoms with Crippen molar-refractivity contribution in [2.45, 2.75) is 12.7 Å². The fraction of sp³-hybridized carbons (Fsp3) is 0.212. The SMILES string of the molecule is COc1ccccc1N1CCN(c2ccc(NC(=O)Nc3ccc(C(F)(F)F)cc3)cc2C(=O)NCc2ccccc2)CC1. The summed E-state index contributed by atoms with van der Waals surface area (Å²) in [5.74, 6) is 0.495. The molecule has 11 heteroatoms. The van der Waals surface area contributed by atoms with Gasteiger partial charge in [0.05, 0.1) is 23.9 Å². The Kier molecular flexibility index (Phi) is 9.23. The molecule has 4 aromatic rings. The Hall–Kier alpha value is -5.19. The molecule has 5 rings (SSSR count). The van der Waals surface area contributed by atoms with Crippen LogP contribution in [0.2, 0.25) is 0 Å². The second-order valence-corrected chi connectivity index (χ2v) is 10.2. The summed E-state index contributed by atoms with van der Waals surface area (Å²) in [6.07, 6.45) is -4.47. The highest BCUT2D eigenvalue weighted by Crippen LogP contribution is 2.32. The van der Waals surface area contributed by atoms with Crippen molar-refractivity contribution >= 4 is 34.7 Å². The number of nitrogens with one attached hydrogen (secondary N) is 3. The van der Waals surface area contributed by atoms with Gasteiger partial charge in [-0.1, -0.05) is 42.5 Å². The van der Waals surface area contributed by atoms with Gasteiger partial charge in [-0.3, -0.25) is 4.79 Å². The van der Waals surface area contributed by atoms with Crippen molar-refractivity contribution in [1.82, 2.24) is 5.32 Å². The molecule has 0 atom stereocenters. The minimum absolute atomic E-state index is 0.195. The molecular formula is C33H32F3N5O3. The van der Waals surface area contributed by atoms with Crippen LogP contribution >= 0.6 is 0 Å². The average Bonchev–Trinajstić information content (AvgIpc) is 3.04. The van der Waals surface area contributed by atoms with Gasteiger partial charge in [0.15, 0.2) is 0 Å². The van der Waals surface area contributed by atoms with Crippen LogP contribution in [0.4, 0.5) is 40.7 Å².